The summed E-state index contributed by atoms with van der Waals surface area (Å²) in [7, 11) is 0. The van der Waals surface area contributed by atoms with Crippen LogP contribution in [0.15, 0.2) is 29.3 Å². The van der Waals surface area contributed by atoms with Gasteiger partial charge in [0.05, 0.1) is 19.2 Å². The zero-order valence-electron chi connectivity index (χ0n) is 13.8. The van der Waals surface area contributed by atoms with Crippen LogP contribution in [0.25, 0.3) is 0 Å². The molecular formula is C17H26N4O2. The van der Waals surface area contributed by atoms with Gasteiger partial charge in [-0.3, -0.25) is 9.79 Å². The summed E-state index contributed by atoms with van der Waals surface area (Å²) in [6.45, 7) is 5.06. The molecule has 23 heavy (non-hydrogen) atoms. The molecule has 1 aromatic carbocycles. The Morgan fingerprint density at radius 3 is 3.04 bits per heavy atom. The second-order valence-electron chi connectivity index (χ2n) is 5.77. The Morgan fingerprint density at radius 1 is 1.48 bits per heavy atom. The van der Waals surface area contributed by atoms with Crippen molar-refractivity contribution in [3.05, 3.63) is 29.8 Å². The minimum Gasteiger partial charge on any atom is -0.493 e. The number of rotatable bonds is 6. The van der Waals surface area contributed by atoms with Crippen molar-refractivity contribution in [2.75, 3.05) is 13.2 Å². The van der Waals surface area contributed by atoms with E-state index in [1.807, 2.05) is 38.1 Å². The van der Waals surface area contributed by atoms with Crippen LogP contribution in [-0.4, -0.2) is 31.1 Å². The molecule has 0 saturated carbocycles. The summed E-state index contributed by atoms with van der Waals surface area (Å²) < 4.78 is 5.62. The molecule has 6 nitrogen and oxygen atoms in total. The van der Waals surface area contributed by atoms with Crippen LogP contribution in [-0.2, 0) is 4.79 Å². The van der Waals surface area contributed by atoms with Gasteiger partial charge in [-0.05, 0) is 19.4 Å². The van der Waals surface area contributed by atoms with E-state index < -0.39 is 0 Å². The molecule has 2 rings (SSSR count). The molecule has 6 heteroatoms. The van der Waals surface area contributed by atoms with E-state index in [9.17, 15) is 4.79 Å². The van der Waals surface area contributed by atoms with Gasteiger partial charge >= 0.3 is 0 Å². The number of guanidine groups is 1. The lowest BCUT2D eigenvalue weighted by atomic mass is 10.0. The van der Waals surface area contributed by atoms with Crippen molar-refractivity contribution >= 4 is 11.9 Å². The Kier molecular flexibility index (Phi) is 6.26. The fourth-order valence-electron chi connectivity index (χ4n) is 2.44. The monoisotopic (exact) mass is 318 g/mol. The topological polar surface area (TPSA) is 88.7 Å². The van der Waals surface area contributed by atoms with E-state index in [4.69, 9.17) is 10.5 Å². The third-order valence-corrected chi connectivity index (χ3v) is 3.92. The molecule has 0 aliphatic carbocycles. The molecule has 1 amide bonds. The number of hydrogen-bond acceptors (Lipinski definition) is 3. The standard InChI is InChI=1S/C17H26N4O2/c1-3-12(2)20-16(22)8-10-19-17(18)21-14-9-11-23-15-7-5-4-6-13(14)15/h4-7,12,14H,3,8-11H2,1-2H3,(H,20,22)(H3,18,19,21). The van der Waals surface area contributed by atoms with E-state index in [1.165, 1.54) is 0 Å². The lowest BCUT2D eigenvalue weighted by Gasteiger charge is -2.26. The molecular weight excluding hydrogens is 292 g/mol. The maximum atomic E-state index is 11.7. The number of nitrogens with zero attached hydrogens (tertiary/aromatic N) is 1. The summed E-state index contributed by atoms with van der Waals surface area (Å²) in [6, 6.07) is 8.20. The quantitative estimate of drug-likeness (QED) is 0.550. The van der Waals surface area contributed by atoms with Crippen molar-refractivity contribution in [3.63, 3.8) is 0 Å². The molecule has 0 aromatic heterocycles. The fraction of sp³-hybridized carbons (Fsp3) is 0.529. The van der Waals surface area contributed by atoms with E-state index in [0.717, 1.165) is 24.2 Å². The third kappa shape index (κ3) is 5.16. The Balaban J connectivity index is 1.83. The number of ether oxygens (including phenoxy) is 1. The Bertz CT molecular complexity index is 559. The van der Waals surface area contributed by atoms with Crippen molar-refractivity contribution < 1.29 is 9.53 Å². The summed E-state index contributed by atoms with van der Waals surface area (Å²) in [6.07, 6.45) is 2.10. The highest BCUT2D eigenvalue weighted by Gasteiger charge is 2.21. The largest absolute Gasteiger partial charge is 0.493 e. The molecule has 1 heterocycles. The third-order valence-electron chi connectivity index (χ3n) is 3.92. The van der Waals surface area contributed by atoms with Crippen molar-refractivity contribution in [2.45, 2.75) is 45.2 Å². The highest BCUT2D eigenvalue weighted by molar-refractivity contribution is 5.80. The van der Waals surface area contributed by atoms with Gasteiger partial charge in [0, 0.05) is 24.4 Å². The number of fused-ring (bicyclic) bond motifs is 1. The minimum absolute atomic E-state index is 0.00677. The molecule has 0 radical (unpaired) electrons. The van der Waals surface area contributed by atoms with Gasteiger partial charge in [0.15, 0.2) is 5.96 Å². The number of nitrogens with one attached hydrogen (secondary N) is 2. The molecule has 1 aromatic rings. The summed E-state index contributed by atoms with van der Waals surface area (Å²) in [5.74, 6) is 1.26. The number of carbonyl (C=O) groups excluding carboxylic acids is 1. The Hall–Kier alpha value is -2.24. The maximum Gasteiger partial charge on any atom is 0.222 e. The zero-order valence-corrected chi connectivity index (χ0v) is 13.8. The van der Waals surface area contributed by atoms with Crippen molar-refractivity contribution in [3.8, 4) is 5.75 Å². The molecule has 1 aliphatic rings. The van der Waals surface area contributed by atoms with Crippen LogP contribution in [0.2, 0.25) is 0 Å². The van der Waals surface area contributed by atoms with Crippen molar-refractivity contribution in [1.29, 1.82) is 0 Å². The maximum absolute atomic E-state index is 11.7. The van der Waals surface area contributed by atoms with Gasteiger partial charge in [-0.2, -0.15) is 0 Å². The van der Waals surface area contributed by atoms with Crippen molar-refractivity contribution in [2.24, 2.45) is 10.7 Å². The molecule has 0 fully saturated rings. The van der Waals surface area contributed by atoms with E-state index in [2.05, 4.69) is 15.6 Å². The van der Waals surface area contributed by atoms with Gasteiger partial charge in [-0.15, -0.1) is 0 Å². The van der Waals surface area contributed by atoms with Crippen LogP contribution in [0.5, 0.6) is 5.75 Å². The van der Waals surface area contributed by atoms with Gasteiger partial charge in [0.1, 0.15) is 5.75 Å². The van der Waals surface area contributed by atoms with Crippen LogP contribution in [0, 0.1) is 0 Å². The van der Waals surface area contributed by atoms with Gasteiger partial charge in [0.25, 0.3) is 0 Å². The minimum atomic E-state index is 0.00677. The zero-order chi connectivity index (χ0) is 16.7. The number of aliphatic imine (C=N–C) groups is 1. The number of benzene rings is 1. The number of nitrogens with two attached hydrogens (primary N) is 1. The summed E-state index contributed by atoms with van der Waals surface area (Å²) in [5.41, 5.74) is 7.03. The van der Waals surface area contributed by atoms with Crippen LogP contribution in [0.3, 0.4) is 0 Å². The van der Waals surface area contributed by atoms with Gasteiger partial charge in [-0.1, -0.05) is 25.1 Å². The van der Waals surface area contributed by atoms with E-state index in [1.54, 1.807) is 0 Å². The number of carbonyl (C=O) groups is 1. The van der Waals surface area contributed by atoms with Crippen LogP contribution >= 0.6 is 0 Å². The Labute approximate surface area is 137 Å². The second kappa shape index (κ2) is 8.41. The normalized spacial score (nSPS) is 18.5. The highest BCUT2D eigenvalue weighted by Crippen LogP contribution is 2.31. The number of para-hydroxylation sites is 1. The lowest BCUT2D eigenvalue weighted by Crippen LogP contribution is -2.37. The average Bonchev–Trinajstić information content (AvgIpc) is 2.55. The predicted molar refractivity (Wildman–Crippen MR) is 91.4 cm³/mol. The molecule has 0 saturated heterocycles. The molecule has 2 unspecified atom stereocenters. The smallest absolute Gasteiger partial charge is 0.222 e. The van der Waals surface area contributed by atoms with E-state index in [-0.39, 0.29) is 18.0 Å². The SMILES string of the molecule is CCC(C)NC(=O)CCN=C(N)NC1CCOc2ccccc21. The van der Waals surface area contributed by atoms with Crippen molar-refractivity contribution in [1.82, 2.24) is 10.6 Å². The first-order chi connectivity index (χ1) is 11.1. The number of hydrogen-bond donors (Lipinski definition) is 3. The van der Waals surface area contributed by atoms with Gasteiger partial charge < -0.3 is 21.1 Å². The first-order valence-corrected chi connectivity index (χ1v) is 8.17. The first-order valence-electron chi connectivity index (χ1n) is 8.17. The molecule has 0 spiro atoms. The highest BCUT2D eigenvalue weighted by atomic mass is 16.5. The molecule has 126 valence electrons. The number of amides is 1. The van der Waals surface area contributed by atoms with E-state index >= 15 is 0 Å². The van der Waals surface area contributed by atoms with Crippen LogP contribution in [0.4, 0.5) is 0 Å². The molecule has 0 bridgehead atoms. The average molecular weight is 318 g/mol. The van der Waals surface area contributed by atoms with E-state index in [0.29, 0.717) is 25.5 Å². The van der Waals surface area contributed by atoms with Gasteiger partial charge in [0.2, 0.25) is 5.91 Å². The predicted octanol–water partition coefficient (Wildman–Crippen LogP) is 1.72. The lowest BCUT2D eigenvalue weighted by molar-refractivity contribution is -0.121. The molecule has 1 aliphatic heterocycles. The molecule has 2 atom stereocenters. The van der Waals surface area contributed by atoms with Crippen LogP contribution < -0.4 is 21.1 Å². The fourth-order valence-corrected chi connectivity index (χ4v) is 2.44. The first kappa shape index (κ1) is 17.1. The second-order valence-corrected chi connectivity index (χ2v) is 5.77. The molecule has 4 N–H and O–H groups in total. The summed E-state index contributed by atoms with van der Waals surface area (Å²) in [4.78, 5) is 15.9. The van der Waals surface area contributed by atoms with Crippen LogP contribution in [0.1, 0.15) is 44.7 Å². The van der Waals surface area contributed by atoms with Gasteiger partial charge in [-0.25, -0.2) is 0 Å². The Morgan fingerprint density at radius 2 is 2.26 bits per heavy atom. The summed E-state index contributed by atoms with van der Waals surface area (Å²) >= 11 is 0. The summed E-state index contributed by atoms with van der Waals surface area (Å²) in [5, 5.41) is 6.13.